The Kier molecular flexibility index (Phi) is 2.26. The standard InChI is InChI=1S/C13H10N2O3/c16-12-10(13(17)18)6-14-11(15-12)9-5-7-3-1-2-4-8(7)9/h1-4,6,9H,5H2,(H,17,18)(H,14,15,16). The summed E-state index contributed by atoms with van der Waals surface area (Å²) in [6.07, 6.45) is 1.95. The van der Waals surface area contributed by atoms with E-state index >= 15 is 0 Å². The van der Waals surface area contributed by atoms with Crippen molar-refractivity contribution in [3.05, 3.63) is 63.3 Å². The van der Waals surface area contributed by atoms with Gasteiger partial charge in [0.25, 0.3) is 5.56 Å². The molecule has 1 aliphatic carbocycles. The van der Waals surface area contributed by atoms with Crippen molar-refractivity contribution in [2.75, 3.05) is 0 Å². The molecule has 1 aromatic carbocycles. The number of hydrogen-bond donors (Lipinski definition) is 2. The minimum atomic E-state index is -1.26. The van der Waals surface area contributed by atoms with Gasteiger partial charge in [-0.05, 0) is 17.5 Å². The molecule has 2 N–H and O–H groups in total. The highest BCUT2D eigenvalue weighted by molar-refractivity contribution is 5.86. The Morgan fingerprint density at radius 3 is 2.83 bits per heavy atom. The fourth-order valence-corrected chi connectivity index (χ4v) is 2.24. The van der Waals surface area contributed by atoms with Crippen LogP contribution in [0.1, 0.15) is 33.2 Å². The minimum Gasteiger partial charge on any atom is -0.477 e. The zero-order valence-electron chi connectivity index (χ0n) is 9.38. The van der Waals surface area contributed by atoms with Crippen molar-refractivity contribution in [2.24, 2.45) is 0 Å². The maximum absolute atomic E-state index is 11.6. The summed E-state index contributed by atoms with van der Waals surface area (Å²) >= 11 is 0. The number of fused-ring (bicyclic) bond motifs is 1. The van der Waals surface area contributed by atoms with E-state index in [0.29, 0.717) is 5.82 Å². The maximum atomic E-state index is 11.6. The second-order valence-electron chi connectivity index (χ2n) is 4.27. The Labute approximate surface area is 102 Å². The van der Waals surface area contributed by atoms with Crippen molar-refractivity contribution >= 4 is 5.97 Å². The molecule has 18 heavy (non-hydrogen) atoms. The van der Waals surface area contributed by atoms with E-state index in [1.807, 2.05) is 24.3 Å². The van der Waals surface area contributed by atoms with Crippen LogP contribution in [0, 0.1) is 0 Å². The Balaban J connectivity index is 1.99. The number of aromatic nitrogens is 2. The van der Waals surface area contributed by atoms with Crippen molar-refractivity contribution in [2.45, 2.75) is 12.3 Å². The molecule has 5 heteroatoms. The van der Waals surface area contributed by atoms with E-state index in [9.17, 15) is 9.59 Å². The smallest absolute Gasteiger partial charge is 0.342 e. The number of aromatic carboxylic acids is 1. The topological polar surface area (TPSA) is 83.0 Å². The van der Waals surface area contributed by atoms with Crippen LogP contribution < -0.4 is 5.56 Å². The molecule has 1 heterocycles. The number of carbonyl (C=O) groups is 1. The summed E-state index contributed by atoms with van der Waals surface area (Å²) in [6.45, 7) is 0. The molecule has 0 amide bonds. The molecule has 0 saturated heterocycles. The normalized spacial score (nSPS) is 16.8. The third-order valence-electron chi connectivity index (χ3n) is 3.23. The molecule has 0 fully saturated rings. The fourth-order valence-electron chi connectivity index (χ4n) is 2.24. The summed E-state index contributed by atoms with van der Waals surface area (Å²) in [4.78, 5) is 28.9. The summed E-state index contributed by atoms with van der Waals surface area (Å²) < 4.78 is 0. The van der Waals surface area contributed by atoms with Crippen LogP contribution in [-0.4, -0.2) is 21.0 Å². The number of benzene rings is 1. The summed E-state index contributed by atoms with van der Waals surface area (Å²) in [5.41, 5.74) is 1.46. The van der Waals surface area contributed by atoms with Crippen molar-refractivity contribution in [3.8, 4) is 0 Å². The third-order valence-corrected chi connectivity index (χ3v) is 3.23. The van der Waals surface area contributed by atoms with Gasteiger partial charge in [-0.1, -0.05) is 24.3 Å². The number of rotatable bonds is 2. The molecular weight excluding hydrogens is 232 g/mol. The molecular formula is C13H10N2O3. The van der Waals surface area contributed by atoms with Gasteiger partial charge in [0.2, 0.25) is 0 Å². The molecule has 0 aliphatic heterocycles. The first-order valence-corrected chi connectivity index (χ1v) is 5.57. The van der Waals surface area contributed by atoms with E-state index in [0.717, 1.165) is 18.2 Å². The predicted molar refractivity (Wildman–Crippen MR) is 63.8 cm³/mol. The van der Waals surface area contributed by atoms with Gasteiger partial charge in [0.05, 0.1) is 0 Å². The van der Waals surface area contributed by atoms with Gasteiger partial charge in [-0.2, -0.15) is 0 Å². The monoisotopic (exact) mass is 242 g/mol. The minimum absolute atomic E-state index is 0.0664. The Bertz CT molecular complexity index is 691. The lowest BCUT2D eigenvalue weighted by Crippen LogP contribution is -2.26. The Hall–Kier alpha value is -2.43. The average Bonchev–Trinajstić information content (AvgIpc) is 2.30. The van der Waals surface area contributed by atoms with Gasteiger partial charge in [0.15, 0.2) is 0 Å². The Morgan fingerprint density at radius 1 is 1.39 bits per heavy atom. The SMILES string of the molecule is O=C(O)c1cnc(C2Cc3ccccc32)[nH]c1=O. The number of carboxylic acids is 1. The lowest BCUT2D eigenvalue weighted by atomic mass is 9.77. The summed E-state index contributed by atoms with van der Waals surface area (Å²) in [6, 6.07) is 7.94. The molecule has 1 aliphatic rings. The van der Waals surface area contributed by atoms with Crippen molar-refractivity contribution < 1.29 is 9.90 Å². The molecule has 5 nitrogen and oxygen atoms in total. The maximum Gasteiger partial charge on any atom is 0.342 e. The van der Waals surface area contributed by atoms with E-state index in [1.54, 1.807) is 0 Å². The number of carboxylic acid groups (broad SMARTS) is 1. The molecule has 3 rings (SSSR count). The highest BCUT2D eigenvalue weighted by Gasteiger charge is 2.29. The van der Waals surface area contributed by atoms with Gasteiger partial charge in [0.1, 0.15) is 11.4 Å². The first kappa shape index (κ1) is 10.7. The molecule has 1 unspecified atom stereocenters. The molecule has 0 radical (unpaired) electrons. The van der Waals surface area contributed by atoms with Crippen LogP contribution in [0.4, 0.5) is 0 Å². The molecule has 0 spiro atoms. The molecule has 1 atom stereocenters. The van der Waals surface area contributed by atoms with Gasteiger partial charge >= 0.3 is 5.97 Å². The largest absolute Gasteiger partial charge is 0.477 e. The summed E-state index contributed by atoms with van der Waals surface area (Å²) in [5.74, 6) is -0.662. The van der Waals surface area contributed by atoms with Gasteiger partial charge in [-0.3, -0.25) is 4.79 Å². The molecule has 2 aromatic rings. The lowest BCUT2D eigenvalue weighted by Gasteiger charge is -2.28. The van der Waals surface area contributed by atoms with E-state index < -0.39 is 11.5 Å². The number of hydrogen-bond acceptors (Lipinski definition) is 3. The van der Waals surface area contributed by atoms with E-state index in [2.05, 4.69) is 9.97 Å². The molecule has 0 bridgehead atoms. The van der Waals surface area contributed by atoms with Crippen LogP contribution >= 0.6 is 0 Å². The van der Waals surface area contributed by atoms with Crippen LogP contribution in [0.3, 0.4) is 0 Å². The predicted octanol–water partition coefficient (Wildman–Crippen LogP) is 1.16. The van der Waals surface area contributed by atoms with Gasteiger partial charge in [-0.15, -0.1) is 0 Å². The second kappa shape index (κ2) is 3.80. The van der Waals surface area contributed by atoms with Gasteiger partial charge in [0, 0.05) is 12.1 Å². The molecule has 0 saturated carbocycles. The number of H-pyrrole nitrogens is 1. The lowest BCUT2D eigenvalue weighted by molar-refractivity contribution is 0.0694. The van der Waals surface area contributed by atoms with Crippen molar-refractivity contribution in [3.63, 3.8) is 0 Å². The van der Waals surface area contributed by atoms with Gasteiger partial charge in [-0.25, -0.2) is 9.78 Å². The Morgan fingerprint density at radius 2 is 2.17 bits per heavy atom. The summed E-state index contributed by atoms with van der Waals surface area (Å²) in [5, 5.41) is 8.76. The van der Waals surface area contributed by atoms with Crippen LogP contribution in [0.15, 0.2) is 35.3 Å². The zero-order chi connectivity index (χ0) is 12.7. The average molecular weight is 242 g/mol. The highest BCUT2D eigenvalue weighted by atomic mass is 16.4. The quantitative estimate of drug-likeness (QED) is 0.827. The number of nitrogens with one attached hydrogen (secondary N) is 1. The first-order valence-electron chi connectivity index (χ1n) is 5.57. The third kappa shape index (κ3) is 1.52. The fraction of sp³-hybridized carbons (Fsp3) is 0.154. The van der Waals surface area contributed by atoms with Crippen LogP contribution in [0.25, 0.3) is 0 Å². The van der Waals surface area contributed by atoms with Gasteiger partial charge < -0.3 is 10.1 Å². The second-order valence-corrected chi connectivity index (χ2v) is 4.27. The summed E-state index contributed by atoms with van der Waals surface area (Å²) in [7, 11) is 0. The van der Waals surface area contributed by atoms with Crippen LogP contribution in [0.2, 0.25) is 0 Å². The van der Waals surface area contributed by atoms with Crippen molar-refractivity contribution in [1.29, 1.82) is 0 Å². The van der Waals surface area contributed by atoms with E-state index in [1.165, 1.54) is 5.56 Å². The zero-order valence-corrected chi connectivity index (χ0v) is 9.38. The van der Waals surface area contributed by atoms with E-state index in [4.69, 9.17) is 5.11 Å². The highest BCUT2D eigenvalue weighted by Crippen LogP contribution is 2.37. The van der Waals surface area contributed by atoms with Crippen molar-refractivity contribution in [1.82, 2.24) is 9.97 Å². The first-order chi connectivity index (χ1) is 8.66. The van der Waals surface area contributed by atoms with Crippen LogP contribution in [0.5, 0.6) is 0 Å². The number of nitrogens with zero attached hydrogens (tertiary/aromatic N) is 1. The van der Waals surface area contributed by atoms with E-state index in [-0.39, 0.29) is 11.5 Å². The molecule has 1 aromatic heterocycles. The molecule has 90 valence electrons. The number of aromatic amines is 1. The van der Waals surface area contributed by atoms with Crippen LogP contribution in [-0.2, 0) is 6.42 Å².